The molecule has 0 amide bonds. The summed E-state index contributed by atoms with van der Waals surface area (Å²) in [5, 5.41) is 0. The van der Waals surface area contributed by atoms with Gasteiger partial charge in [-0.2, -0.15) is 0 Å². The summed E-state index contributed by atoms with van der Waals surface area (Å²) in [6.07, 6.45) is 5.03. The molecule has 110 valence electrons. The molecule has 0 spiro atoms. The smallest absolute Gasteiger partial charge is 0.120 e. The highest BCUT2D eigenvalue weighted by atomic mass is 79.9. The van der Waals surface area contributed by atoms with E-state index in [1.807, 2.05) is 24.3 Å². The normalized spacial score (nSPS) is 29.6. The fourth-order valence-corrected chi connectivity index (χ4v) is 3.64. The van der Waals surface area contributed by atoms with Gasteiger partial charge in [0, 0.05) is 23.0 Å². The summed E-state index contributed by atoms with van der Waals surface area (Å²) >= 11 is 3.46. The lowest BCUT2D eigenvalue weighted by Crippen LogP contribution is -2.40. The number of halogens is 1. The van der Waals surface area contributed by atoms with Crippen LogP contribution >= 0.6 is 15.9 Å². The molecule has 1 saturated carbocycles. The van der Waals surface area contributed by atoms with E-state index in [9.17, 15) is 0 Å². The van der Waals surface area contributed by atoms with Crippen LogP contribution in [0.5, 0.6) is 5.75 Å². The topological polar surface area (TPSA) is 44.5 Å². The van der Waals surface area contributed by atoms with E-state index >= 15 is 0 Å². The lowest BCUT2D eigenvalue weighted by Gasteiger charge is -2.33. The zero-order chi connectivity index (χ0) is 14.0. The second-order valence-corrected chi connectivity index (χ2v) is 6.92. The van der Waals surface area contributed by atoms with Crippen LogP contribution in [-0.4, -0.2) is 25.9 Å². The standard InChI is InChI=1S/C16H22BrNO2/c17-13-2-1-3-14(10-13)19-8-6-16(11-18)7-9-20-15(16)12-4-5-12/h1-3,10,12,15H,4-9,11,18H2. The summed E-state index contributed by atoms with van der Waals surface area (Å²) in [6, 6.07) is 7.98. The molecule has 0 bridgehead atoms. The Morgan fingerprint density at radius 1 is 1.40 bits per heavy atom. The molecule has 1 saturated heterocycles. The molecule has 2 fully saturated rings. The molecule has 1 aromatic rings. The fourth-order valence-electron chi connectivity index (χ4n) is 3.26. The molecule has 1 aliphatic heterocycles. The summed E-state index contributed by atoms with van der Waals surface area (Å²) in [6.45, 7) is 2.27. The van der Waals surface area contributed by atoms with E-state index < -0.39 is 0 Å². The van der Waals surface area contributed by atoms with E-state index in [0.717, 1.165) is 35.6 Å². The molecule has 1 aromatic carbocycles. The van der Waals surface area contributed by atoms with Gasteiger partial charge >= 0.3 is 0 Å². The number of ether oxygens (including phenoxy) is 2. The predicted octanol–water partition coefficient (Wildman–Crippen LogP) is 3.36. The van der Waals surface area contributed by atoms with Crippen molar-refractivity contribution in [3.05, 3.63) is 28.7 Å². The Labute approximate surface area is 129 Å². The van der Waals surface area contributed by atoms with Gasteiger partial charge in [-0.1, -0.05) is 22.0 Å². The summed E-state index contributed by atoms with van der Waals surface area (Å²) in [5.74, 6) is 1.65. The Morgan fingerprint density at radius 2 is 2.25 bits per heavy atom. The number of rotatable bonds is 6. The van der Waals surface area contributed by atoms with Gasteiger partial charge in [0.15, 0.2) is 0 Å². The second kappa shape index (κ2) is 6.04. The van der Waals surface area contributed by atoms with Crippen molar-refractivity contribution in [1.29, 1.82) is 0 Å². The Morgan fingerprint density at radius 3 is 2.95 bits per heavy atom. The Kier molecular flexibility index (Phi) is 4.34. The van der Waals surface area contributed by atoms with Crippen LogP contribution in [0.4, 0.5) is 0 Å². The Hall–Kier alpha value is -0.580. The van der Waals surface area contributed by atoms with Crippen LogP contribution in [0, 0.1) is 11.3 Å². The van der Waals surface area contributed by atoms with E-state index in [1.54, 1.807) is 0 Å². The van der Waals surface area contributed by atoms with E-state index in [4.69, 9.17) is 15.2 Å². The molecule has 1 aliphatic carbocycles. The van der Waals surface area contributed by atoms with Crippen molar-refractivity contribution in [2.24, 2.45) is 17.1 Å². The second-order valence-electron chi connectivity index (χ2n) is 6.00. The number of nitrogens with two attached hydrogens (primary N) is 1. The van der Waals surface area contributed by atoms with Gasteiger partial charge in [0.1, 0.15) is 5.75 Å². The predicted molar refractivity (Wildman–Crippen MR) is 82.8 cm³/mol. The zero-order valence-corrected chi connectivity index (χ0v) is 13.3. The van der Waals surface area contributed by atoms with E-state index in [1.165, 1.54) is 12.8 Å². The molecule has 1 heterocycles. The van der Waals surface area contributed by atoms with Gasteiger partial charge in [-0.15, -0.1) is 0 Å². The third-order valence-corrected chi connectivity index (χ3v) is 5.12. The first kappa shape index (κ1) is 14.4. The quantitative estimate of drug-likeness (QED) is 0.864. The van der Waals surface area contributed by atoms with Crippen LogP contribution in [0.2, 0.25) is 0 Å². The van der Waals surface area contributed by atoms with E-state index in [0.29, 0.717) is 19.3 Å². The maximum Gasteiger partial charge on any atom is 0.120 e. The minimum absolute atomic E-state index is 0.132. The van der Waals surface area contributed by atoms with Gasteiger partial charge in [0.05, 0.1) is 12.7 Å². The molecular formula is C16H22BrNO2. The lowest BCUT2D eigenvalue weighted by molar-refractivity contribution is 0.0244. The zero-order valence-electron chi connectivity index (χ0n) is 11.7. The lowest BCUT2D eigenvalue weighted by atomic mass is 9.76. The monoisotopic (exact) mass is 339 g/mol. The molecule has 3 rings (SSSR count). The van der Waals surface area contributed by atoms with Crippen molar-refractivity contribution >= 4 is 15.9 Å². The molecule has 3 nitrogen and oxygen atoms in total. The van der Waals surface area contributed by atoms with Crippen LogP contribution in [-0.2, 0) is 4.74 Å². The molecule has 2 unspecified atom stereocenters. The molecule has 4 heteroatoms. The van der Waals surface area contributed by atoms with Crippen molar-refractivity contribution < 1.29 is 9.47 Å². The van der Waals surface area contributed by atoms with Crippen LogP contribution in [0.15, 0.2) is 28.7 Å². The van der Waals surface area contributed by atoms with Crippen LogP contribution in [0.25, 0.3) is 0 Å². The number of hydrogen-bond acceptors (Lipinski definition) is 3. The Bertz CT molecular complexity index is 464. The van der Waals surface area contributed by atoms with Crippen molar-refractivity contribution in [2.45, 2.75) is 31.8 Å². The average molecular weight is 340 g/mol. The molecule has 0 radical (unpaired) electrons. The molecule has 0 aromatic heterocycles. The summed E-state index contributed by atoms with van der Waals surface area (Å²) in [4.78, 5) is 0. The van der Waals surface area contributed by atoms with E-state index in [-0.39, 0.29) is 5.41 Å². The Balaban J connectivity index is 1.58. The van der Waals surface area contributed by atoms with Gasteiger partial charge in [0.25, 0.3) is 0 Å². The molecule has 2 atom stereocenters. The van der Waals surface area contributed by atoms with Crippen molar-refractivity contribution in [2.75, 3.05) is 19.8 Å². The highest BCUT2D eigenvalue weighted by molar-refractivity contribution is 9.10. The maximum absolute atomic E-state index is 6.09. The minimum atomic E-state index is 0.132. The van der Waals surface area contributed by atoms with Gasteiger partial charge < -0.3 is 15.2 Å². The highest BCUT2D eigenvalue weighted by Gasteiger charge is 2.49. The third kappa shape index (κ3) is 3.02. The summed E-state index contributed by atoms with van der Waals surface area (Å²) in [7, 11) is 0. The molecule has 20 heavy (non-hydrogen) atoms. The highest BCUT2D eigenvalue weighted by Crippen LogP contribution is 2.49. The SMILES string of the molecule is NCC1(CCOc2cccc(Br)c2)CCOC1C1CC1. The van der Waals surface area contributed by atoms with E-state index in [2.05, 4.69) is 15.9 Å². The van der Waals surface area contributed by atoms with Crippen molar-refractivity contribution in [1.82, 2.24) is 0 Å². The van der Waals surface area contributed by atoms with Gasteiger partial charge in [0.2, 0.25) is 0 Å². The van der Waals surface area contributed by atoms with Crippen molar-refractivity contribution in [3.8, 4) is 5.75 Å². The van der Waals surface area contributed by atoms with Crippen LogP contribution in [0.1, 0.15) is 25.7 Å². The first-order chi connectivity index (χ1) is 9.73. The number of benzene rings is 1. The van der Waals surface area contributed by atoms with Crippen LogP contribution in [0.3, 0.4) is 0 Å². The first-order valence-electron chi connectivity index (χ1n) is 7.43. The first-order valence-corrected chi connectivity index (χ1v) is 8.23. The summed E-state index contributed by atoms with van der Waals surface area (Å²) in [5.41, 5.74) is 6.22. The number of hydrogen-bond donors (Lipinski definition) is 1. The molecule has 2 N–H and O–H groups in total. The molecule has 2 aliphatic rings. The van der Waals surface area contributed by atoms with Gasteiger partial charge in [-0.25, -0.2) is 0 Å². The molecular weight excluding hydrogens is 318 g/mol. The summed E-state index contributed by atoms with van der Waals surface area (Å²) < 4.78 is 12.9. The third-order valence-electron chi connectivity index (χ3n) is 4.62. The van der Waals surface area contributed by atoms with Crippen LogP contribution < -0.4 is 10.5 Å². The van der Waals surface area contributed by atoms with Gasteiger partial charge in [-0.3, -0.25) is 0 Å². The van der Waals surface area contributed by atoms with Crippen molar-refractivity contribution in [3.63, 3.8) is 0 Å². The minimum Gasteiger partial charge on any atom is -0.494 e. The largest absolute Gasteiger partial charge is 0.494 e. The average Bonchev–Trinajstić information content (AvgIpc) is 3.20. The van der Waals surface area contributed by atoms with Gasteiger partial charge in [-0.05, 0) is 49.8 Å². The maximum atomic E-state index is 6.09. The fraction of sp³-hybridized carbons (Fsp3) is 0.625.